The van der Waals surface area contributed by atoms with Crippen LogP contribution in [0.5, 0.6) is 0 Å². The average Bonchev–Trinajstić information content (AvgIpc) is 3.78. The van der Waals surface area contributed by atoms with Gasteiger partial charge in [0.25, 0.3) is 0 Å². The fourth-order valence-corrected chi connectivity index (χ4v) is 4.80. The fourth-order valence-electron chi connectivity index (χ4n) is 4.80. The van der Waals surface area contributed by atoms with Crippen LogP contribution in [0.15, 0.2) is 91.1 Å². The SMILES string of the molecule is CC(C)C.CC(C)C.CC(C)C.CC(C)C.CC(C)C.CC(C)C.CC(C)C1CCCCC1.CC(C)c1ccccc1.O=C1Cc2ccccc2N1.c1ccc2[nH]ccc2c1. The summed E-state index contributed by atoms with van der Waals surface area (Å²) in [5.74, 6) is 7.75. The highest BCUT2D eigenvalue weighted by Crippen LogP contribution is 2.29. The van der Waals surface area contributed by atoms with Gasteiger partial charge < -0.3 is 10.3 Å². The van der Waals surface area contributed by atoms with Crippen molar-refractivity contribution in [3.8, 4) is 0 Å². The van der Waals surface area contributed by atoms with E-state index in [4.69, 9.17) is 0 Å². The molecule has 4 aromatic rings. The molecule has 0 atom stereocenters. The van der Waals surface area contributed by atoms with Crippen LogP contribution in [0, 0.1) is 47.3 Å². The normalized spacial score (nSPS) is 12.3. The minimum Gasteiger partial charge on any atom is -0.361 e. The lowest BCUT2D eigenvalue weighted by Crippen LogP contribution is -2.12. The van der Waals surface area contributed by atoms with Gasteiger partial charge in [-0.1, -0.05) is 251 Å². The van der Waals surface area contributed by atoms with Gasteiger partial charge >= 0.3 is 0 Å². The molecule has 1 fully saturated rings. The molecule has 6 rings (SSSR count). The molecule has 2 N–H and O–H groups in total. The maximum atomic E-state index is 10.8. The lowest BCUT2D eigenvalue weighted by Gasteiger charge is -2.24. The molecule has 1 aromatic heterocycles. The van der Waals surface area contributed by atoms with Crippen molar-refractivity contribution in [2.24, 2.45) is 47.3 Å². The number of hydrogen-bond acceptors (Lipinski definition) is 1. The van der Waals surface area contributed by atoms with Crippen molar-refractivity contribution >= 4 is 22.5 Å². The number of H-pyrrole nitrogens is 1. The topological polar surface area (TPSA) is 44.9 Å². The smallest absolute Gasteiger partial charge is 0.228 e. The third kappa shape index (κ3) is 52.7. The molecule has 1 aliphatic carbocycles. The third-order valence-corrected chi connectivity index (χ3v) is 7.16. The molecule has 3 heteroatoms. The molecule has 2 aliphatic rings. The minimum atomic E-state index is 0.0983. The summed E-state index contributed by atoms with van der Waals surface area (Å²) in [5, 5.41) is 4.03. The Kier molecular flexibility index (Phi) is 44.3. The van der Waals surface area contributed by atoms with Crippen LogP contribution in [0.25, 0.3) is 10.9 Å². The number of nitrogens with one attached hydrogen (secondary N) is 2. The molecule has 2 heterocycles. The van der Waals surface area contributed by atoms with Gasteiger partial charge in [-0.3, -0.25) is 4.79 Å². The van der Waals surface area contributed by atoms with Gasteiger partial charge in [0.15, 0.2) is 0 Å². The lowest BCUT2D eigenvalue weighted by atomic mass is 9.82. The molecule has 0 saturated heterocycles. The Bertz CT molecular complexity index is 1350. The molecular weight excluding hydrogens is 741 g/mol. The van der Waals surface area contributed by atoms with Crippen LogP contribution in [0.1, 0.15) is 201 Å². The predicted molar refractivity (Wildman–Crippen MR) is 282 cm³/mol. The van der Waals surface area contributed by atoms with Crippen LogP contribution in [0.2, 0.25) is 0 Å². The number of anilines is 1. The first kappa shape index (κ1) is 64.3. The minimum absolute atomic E-state index is 0.0983. The van der Waals surface area contributed by atoms with E-state index in [1.54, 1.807) is 0 Å². The molecule has 1 amide bonds. The summed E-state index contributed by atoms with van der Waals surface area (Å²) >= 11 is 0. The van der Waals surface area contributed by atoms with E-state index in [0.717, 1.165) is 58.6 Å². The number of carbonyl (C=O) groups excluding carboxylic acids is 1. The summed E-state index contributed by atoms with van der Waals surface area (Å²) in [7, 11) is 0. The molecular formula is C58H104N2O. The highest BCUT2D eigenvalue weighted by molar-refractivity contribution is 5.98. The van der Waals surface area contributed by atoms with Gasteiger partial charge in [0, 0.05) is 17.4 Å². The summed E-state index contributed by atoms with van der Waals surface area (Å²) in [4.78, 5) is 13.9. The van der Waals surface area contributed by atoms with Crippen molar-refractivity contribution in [3.05, 3.63) is 102 Å². The Balaban J connectivity index is -0.000000305. The summed E-state index contributed by atoms with van der Waals surface area (Å²) < 4.78 is 0. The van der Waals surface area contributed by atoms with Crippen LogP contribution in [-0.4, -0.2) is 10.9 Å². The molecule has 352 valence electrons. The number of hydrogen-bond donors (Lipinski definition) is 2. The molecule has 0 radical (unpaired) electrons. The van der Waals surface area contributed by atoms with Crippen LogP contribution < -0.4 is 5.32 Å². The van der Waals surface area contributed by atoms with Gasteiger partial charge in [0.05, 0.1) is 6.42 Å². The first-order valence-corrected chi connectivity index (χ1v) is 24.3. The number of rotatable bonds is 2. The monoisotopic (exact) mass is 845 g/mol. The van der Waals surface area contributed by atoms with Crippen molar-refractivity contribution in [1.29, 1.82) is 0 Å². The standard InChI is InChI=1S/C9H18.C9H12.C8H7NO.C8H7N.6C4H10/c2*1-8(2)9-6-4-3-5-7-9;10-8-5-6-3-1-2-4-7(6)9-8;1-2-4-8-7(3-1)5-6-9-8;6*1-4(2)3/h8-9H,3-7H2,1-2H3;3-8H,1-2H3;1-4H,5H2,(H,9,10);1-6,9H;6*4H,1-3H3. The molecule has 1 saturated carbocycles. The second kappa shape index (κ2) is 42.0. The Labute approximate surface area is 382 Å². The highest BCUT2D eigenvalue weighted by atomic mass is 16.1. The second-order valence-electron chi connectivity index (χ2n) is 21.0. The summed E-state index contributed by atoms with van der Waals surface area (Å²) in [6.07, 6.45) is 9.95. The first-order valence-electron chi connectivity index (χ1n) is 24.3. The van der Waals surface area contributed by atoms with E-state index in [1.807, 2.05) is 48.7 Å². The summed E-state index contributed by atoms with van der Waals surface area (Å²) in [6.45, 7) is 48.1. The number of aromatic amines is 1. The molecule has 0 unspecified atom stereocenters. The van der Waals surface area contributed by atoms with Crippen molar-refractivity contribution < 1.29 is 4.79 Å². The molecule has 0 spiro atoms. The number of aromatic nitrogens is 1. The Morgan fingerprint density at radius 1 is 0.459 bits per heavy atom. The van der Waals surface area contributed by atoms with Crippen LogP contribution in [-0.2, 0) is 11.2 Å². The van der Waals surface area contributed by atoms with Crippen LogP contribution in [0.3, 0.4) is 0 Å². The van der Waals surface area contributed by atoms with Crippen LogP contribution in [0.4, 0.5) is 5.69 Å². The van der Waals surface area contributed by atoms with E-state index >= 15 is 0 Å². The Hall–Kier alpha value is -3.33. The average molecular weight is 845 g/mol. The molecule has 0 bridgehead atoms. The predicted octanol–water partition coefficient (Wildman–Crippen LogP) is 19.4. The van der Waals surface area contributed by atoms with E-state index in [1.165, 1.54) is 48.6 Å². The Morgan fingerprint density at radius 2 is 0.852 bits per heavy atom. The molecule has 1 aliphatic heterocycles. The third-order valence-electron chi connectivity index (χ3n) is 7.16. The van der Waals surface area contributed by atoms with Crippen LogP contribution >= 0.6 is 0 Å². The number of carbonyl (C=O) groups is 1. The van der Waals surface area contributed by atoms with Gasteiger partial charge in [0.2, 0.25) is 5.91 Å². The maximum Gasteiger partial charge on any atom is 0.228 e. The molecule has 3 nitrogen and oxygen atoms in total. The van der Waals surface area contributed by atoms with Crippen molar-refractivity contribution in [1.82, 2.24) is 4.98 Å². The fraction of sp³-hybridized carbons (Fsp3) is 0.638. The van der Waals surface area contributed by atoms with E-state index in [9.17, 15) is 4.79 Å². The number of amides is 1. The maximum absolute atomic E-state index is 10.8. The van der Waals surface area contributed by atoms with E-state index < -0.39 is 0 Å². The highest BCUT2D eigenvalue weighted by Gasteiger charge is 2.16. The zero-order valence-electron chi connectivity index (χ0n) is 44.5. The zero-order valence-corrected chi connectivity index (χ0v) is 44.5. The van der Waals surface area contributed by atoms with E-state index in [0.29, 0.717) is 12.3 Å². The number of benzene rings is 3. The van der Waals surface area contributed by atoms with Gasteiger partial charge in [-0.15, -0.1) is 0 Å². The quantitative estimate of drug-likeness (QED) is 0.207. The lowest BCUT2D eigenvalue weighted by molar-refractivity contribution is -0.115. The van der Waals surface area contributed by atoms with Crippen molar-refractivity contribution in [2.75, 3.05) is 5.32 Å². The van der Waals surface area contributed by atoms with E-state index in [-0.39, 0.29) is 5.91 Å². The zero-order chi connectivity index (χ0) is 47.9. The molecule has 3 aromatic carbocycles. The van der Waals surface area contributed by atoms with Gasteiger partial charge in [-0.25, -0.2) is 0 Å². The number of fused-ring (bicyclic) bond motifs is 2. The van der Waals surface area contributed by atoms with Crippen molar-refractivity contribution in [3.63, 3.8) is 0 Å². The van der Waals surface area contributed by atoms with Gasteiger partial charge in [-0.05, 0) is 88.0 Å². The largest absolute Gasteiger partial charge is 0.361 e. The molecule has 61 heavy (non-hydrogen) atoms. The van der Waals surface area contributed by atoms with Crippen molar-refractivity contribution in [2.45, 2.75) is 197 Å². The number of para-hydroxylation sites is 2. The summed E-state index contributed by atoms with van der Waals surface area (Å²) in [5.41, 5.74) is 4.69. The second-order valence-corrected chi connectivity index (χ2v) is 21.0. The first-order chi connectivity index (χ1) is 28.3. The van der Waals surface area contributed by atoms with Gasteiger partial charge in [0.1, 0.15) is 0 Å². The Morgan fingerprint density at radius 3 is 1.21 bits per heavy atom. The summed E-state index contributed by atoms with van der Waals surface area (Å²) in [6, 6.07) is 28.6. The van der Waals surface area contributed by atoms with Gasteiger partial charge in [-0.2, -0.15) is 0 Å². The van der Waals surface area contributed by atoms with E-state index in [2.05, 4.69) is 205 Å².